The lowest BCUT2D eigenvalue weighted by Gasteiger charge is -1.76. The third-order valence-corrected chi connectivity index (χ3v) is 1.27. The van der Waals surface area contributed by atoms with Crippen LogP contribution in [-0.4, -0.2) is 8.86 Å². The molecule has 0 amide bonds. The van der Waals surface area contributed by atoms with Gasteiger partial charge in [0.1, 0.15) is 0 Å². The zero-order valence-electron chi connectivity index (χ0n) is 4.67. The molecule has 0 aromatic carbocycles. The molecule has 32 valence electrons. The van der Waals surface area contributed by atoms with E-state index in [1.807, 2.05) is 0 Å². The van der Waals surface area contributed by atoms with Crippen LogP contribution in [0.15, 0.2) is 0 Å². The van der Waals surface area contributed by atoms with Crippen LogP contribution in [0.1, 0.15) is 9.11 Å². The van der Waals surface area contributed by atoms with Crippen molar-refractivity contribution in [3.05, 3.63) is 0 Å². The quantitative estimate of drug-likeness (QED) is 0.542. The van der Waals surface area contributed by atoms with E-state index in [4.69, 9.17) is 2.74 Å². The smallest absolute Gasteiger partial charge is 0.0282 e. The summed E-state index contributed by atoms with van der Waals surface area (Å²) in [7, 11) is 0. The highest BCUT2D eigenvalue weighted by Crippen LogP contribution is 1.91. The van der Waals surface area contributed by atoms with Gasteiger partial charge in [0, 0.05) is 11.6 Å². The summed E-state index contributed by atoms with van der Waals surface area (Å²) in [6, 6.07) is 0. The molecule has 0 radical (unpaired) electrons. The fraction of sp³-hybridized carbons (Fsp3) is 1.00. The average molecular weight is 298 g/mol. The van der Waals surface area contributed by atoms with E-state index >= 15 is 0 Å². The van der Waals surface area contributed by atoms with E-state index in [0.717, 1.165) is 0 Å². The highest BCUT2D eigenvalue weighted by Gasteiger charge is 1.71. The normalized spacial score (nSPS) is 17.2. The van der Waals surface area contributed by atoms with Crippen molar-refractivity contribution in [2.45, 2.75) is 6.37 Å². The van der Waals surface area contributed by atoms with Crippen LogP contribution in [0.3, 0.4) is 0 Å². The molecule has 0 aromatic rings. The van der Waals surface area contributed by atoms with Gasteiger partial charge in [-0.3, -0.25) is 0 Å². The second-order valence-electron chi connectivity index (χ2n) is 0.517. The number of alkyl halides is 2. The minimum absolute atomic E-state index is 0.591. The van der Waals surface area contributed by atoms with Crippen molar-refractivity contribution in [3.8, 4) is 0 Å². The van der Waals surface area contributed by atoms with E-state index in [0.29, 0.717) is 8.86 Å². The van der Waals surface area contributed by atoms with Crippen molar-refractivity contribution in [3.63, 3.8) is 0 Å². The topological polar surface area (TPSA) is 0 Å². The molecule has 0 bridgehead atoms. The minimum atomic E-state index is -0.943. The van der Waals surface area contributed by atoms with Crippen LogP contribution in [0.25, 0.3) is 0 Å². The lowest BCUT2D eigenvalue weighted by Crippen LogP contribution is -1.68. The molecule has 0 aliphatic heterocycles. The summed E-state index contributed by atoms with van der Waals surface area (Å²) in [6.07, 6.45) is -0.943. The maximum Gasteiger partial charge on any atom is 0.0282 e. The van der Waals surface area contributed by atoms with Crippen molar-refractivity contribution < 1.29 is 2.74 Å². The minimum Gasteiger partial charge on any atom is -0.0863 e. The molecule has 0 aliphatic rings. The standard InChI is InChI=1S/C3H6I2/c4-2-1-3-5/h1-3H2/i1D2. The van der Waals surface area contributed by atoms with Crippen LogP contribution in [0.5, 0.6) is 0 Å². The Morgan fingerprint density at radius 2 is 1.80 bits per heavy atom. The molecule has 5 heavy (non-hydrogen) atoms. The van der Waals surface area contributed by atoms with Crippen molar-refractivity contribution in [2.75, 3.05) is 8.86 Å². The molecular weight excluding hydrogens is 290 g/mol. The number of halogens is 2. The Morgan fingerprint density at radius 3 is 1.80 bits per heavy atom. The molecule has 0 atom stereocenters. The predicted octanol–water partition coefficient (Wildman–Crippen LogP) is 2.25. The van der Waals surface area contributed by atoms with Gasteiger partial charge in [-0.25, -0.2) is 0 Å². The van der Waals surface area contributed by atoms with E-state index in [1.165, 1.54) is 0 Å². The second-order valence-corrected chi connectivity index (χ2v) is 2.04. The first kappa shape index (κ1) is 3.46. The molecule has 0 N–H and O–H groups in total. The maximum atomic E-state index is 7.08. The number of hydrogen-bond acceptors (Lipinski definition) is 0. The molecule has 0 aliphatic carbocycles. The Balaban J connectivity index is 3.36. The lowest BCUT2D eigenvalue weighted by atomic mass is 10.6. The lowest BCUT2D eigenvalue weighted by molar-refractivity contribution is 1.17. The first-order valence-corrected chi connectivity index (χ1v) is 4.29. The van der Waals surface area contributed by atoms with Crippen LogP contribution in [0.4, 0.5) is 0 Å². The zero-order valence-corrected chi connectivity index (χ0v) is 6.99. The van der Waals surface area contributed by atoms with Gasteiger partial charge in [0.25, 0.3) is 0 Å². The van der Waals surface area contributed by atoms with Crippen molar-refractivity contribution in [2.24, 2.45) is 0 Å². The molecule has 0 spiro atoms. The van der Waals surface area contributed by atoms with Crippen LogP contribution in [-0.2, 0) is 0 Å². The maximum absolute atomic E-state index is 7.08. The molecule has 0 fully saturated rings. The van der Waals surface area contributed by atoms with Crippen LogP contribution in [0.2, 0.25) is 0 Å². The molecule has 2 heteroatoms. The molecule has 0 saturated carbocycles. The Morgan fingerprint density at radius 1 is 1.40 bits per heavy atom. The molecular formula is C3H6I2. The largest absolute Gasteiger partial charge is 0.0863 e. The second kappa shape index (κ2) is 5.46. The van der Waals surface area contributed by atoms with Gasteiger partial charge in [-0.15, -0.1) is 0 Å². The molecule has 0 saturated heterocycles. The fourth-order valence-electron chi connectivity index (χ4n) is 0.0357. The first-order chi connectivity index (χ1) is 3.12. The van der Waals surface area contributed by atoms with E-state index in [-0.39, 0.29) is 0 Å². The third-order valence-electron chi connectivity index (χ3n) is 0.189. The SMILES string of the molecule is [2H]C([2H])(CI)CI. The van der Waals surface area contributed by atoms with Gasteiger partial charge < -0.3 is 0 Å². The number of hydrogen-bond donors (Lipinski definition) is 0. The van der Waals surface area contributed by atoms with E-state index in [9.17, 15) is 0 Å². The molecule has 0 unspecified atom stereocenters. The number of rotatable bonds is 2. The Hall–Kier alpha value is 1.46. The van der Waals surface area contributed by atoms with E-state index in [2.05, 4.69) is 45.2 Å². The first-order valence-electron chi connectivity index (χ1n) is 2.24. The van der Waals surface area contributed by atoms with E-state index < -0.39 is 6.37 Å². The summed E-state index contributed by atoms with van der Waals surface area (Å²) in [5.74, 6) is 0. The summed E-state index contributed by atoms with van der Waals surface area (Å²) in [5, 5.41) is 0. The average Bonchev–Trinajstić information content (AvgIpc) is 1.68. The van der Waals surface area contributed by atoms with E-state index in [1.54, 1.807) is 0 Å². The van der Waals surface area contributed by atoms with Gasteiger partial charge in [0.2, 0.25) is 0 Å². The highest BCUT2D eigenvalue weighted by molar-refractivity contribution is 14.1. The van der Waals surface area contributed by atoms with Gasteiger partial charge >= 0.3 is 0 Å². The van der Waals surface area contributed by atoms with Crippen LogP contribution in [0, 0.1) is 0 Å². The summed E-state index contributed by atoms with van der Waals surface area (Å²) < 4.78 is 15.3. The molecule has 0 nitrogen and oxygen atoms in total. The zero-order chi connectivity index (χ0) is 5.91. The van der Waals surface area contributed by atoms with Crippen LogP contribution < -0.4 is 0 Å². The summed E-state index contributed by atoms with van der Waals surface area (Å²) in [5.41, 5.74) is 0. The molecule has 0 aromatic heterocycles. The van der Waals surface area contributed by atoms with Gasteiger partial charge in [0.15, 0.2) is 0 Å². The van der Waals surface area contributed by atoms with Gasteiger partial charge in [-0.1, -0.05) is 45.2 Å². The van der Waals surface area contributed by atoms with Gasteiger partial charge in [-0.05, 0) is 6.37 Å². The summed E-state index contributed by atoms with van der Waals surface area (Å²) in [4.78, 5) is 0. The third kappa shape index (κ3) is 5.46. The Labute approximate surface area is 62.8 Å². The summed E-state index contributed by atoms with van der Waals surface area (Å²) >= 11 is 4.10. The summed E-state index contributed by atoms with van der Waals surface area (Å²) in [6.45, 7) is 0. The Kier molecular flexibility index (Phi) is 3.78. The monoisotopic (exact) mass is 298 g/mol. The van der Waals surface area contributed by atoms with Crippen molar-refractivity contribution in [1.82, 2.24) is 0 Å². The molecule has 0 rings (SSSR count). The molecule has 0 heterocycles. The predicted molar refractivity (Wildman–Crippen MR) is 42.4 cm³/mol. The Bertz CT molecular complexity index is 48.9. The van der Waals surface area contributed by atoms with Crippen molar-refractivity contribution in [1.29, 1.82) is 0 Å². The fourth-order valence-corrected chi connectivity index (χ4v) is 1.61. The van der Waals surface area contributed by atoms with Crippen LogP contribution >= 0.6 is 45.2 Å². The highest BCUT2D eigenvalue weighted by atomic mass is 127. The van der Waals surface area contributed by atoms with Crippen molar-refractivity contribution >= 4 is 45.2 Å². The van der Waals surface area contributed by atoms with Gasteiger partial charge in [-0.2, -0.15) is 0 Å². The van der Waals surface area contributed by atoms with Gasteiger partial charge in [0.05, 0.1) is 0 Å².